The molecule has 0 unspecified atom stereocenters. The summed E-state index contributed by atoms with van der Waals surface area (Å²) in [6.07, 6.45) is 7.72. The van der Waals surface area contributed by atoms with Crippen molar-refractivity contribution in [2.24, 2.45) is 0 Å². The van der Waals surface area contributed by atoms with Crippen LogP contribution in [0.4, 0.5) is 5.69 Å². The van der Waals surface area contributed by atoms with Gasteiger partial charge in [0, 0.05) is 42.1 Å². The standard InChI is InChI=1S/C21H24N4.BrH/c1-4-12-25(13-5-1)14-11-23-21-15-20(17-7-6-10-22-16-17)24-19-9-3-2-8-18(19)21;/h2-3,6-10,15-16H,1,4-5,11-14H2,(H,23,24);1H. The molecule has 136 valence electrons. The summed E-state index contributed by atoms with van der Waals surface area (Å²) >= 11 is 0. The normalized spacial score (nSPS) is 14.8. The molecule has 0 aliphatic carbocycles. The third-order valence-corrected chi connectivity index (χ3v) is 4.87. The molecule has 1 N–H and O–H groups in total. The Bertz CT molecular complexity index is 832. The average Bonchev–Trinajstić information content (AvgIpc) is 2.69. The second kappa shape index (κ2) is 9.10. The minimum Gasteiger partial charge on any atom is -0.383 e. The molecule has 3 aromatic rings. The second-order valence-electron chi connectivity index (χ2n) is 6.64. The number of anilines is 1. The van der Waals surface area contributed by atoms with Crippen molar-refractivity contribution in [3.05, 3.63) is 54.9 Å². The highest BCUT2D eigenvalue weighted by atomic mass is 79.9. The molecule has 1 aliphatic rings. The number of likely N-dealkylation sites (tertiary alicyclic amines) is 1. The van der Waals surface area contributed by atoms with Gasteiger partial charge in [0.1, 0.15) is 0 Å². The minimum absolute atomic E-state index is 0. The van der Waals surface area contributed by atoms with Crippen molar-refractivity contribution in [2.45, 2.75) is 19.3 Å². The number of hydrogen-bond donors (Lipinski definition) is 1. The zero-order chi connectivity index (χ0) is 16.9. The van der Waals surface area contributed by atoms with Crippen LogP contribution >= 0.6 is 17.0 Å². The van der Waals surface area contributed by atoms with Gasteiger partial charge in [-0.1, -0.05) is 24.6 Å². The van der Waals surface area contributed by atoms with Crippen molar-refractivity contribution >= 4 is 33.6 Å². The van der Waals surface area contributed by atoms with E-state index < -0.39 is 0 Å². The lowest BCUT2D eigenvalue weighted by Crippen LogP contribution is -2.33. The van der Waals surface area contributed by atoms with Crippen LogP contribution < -0.4 is 5.32 Å². The molecular weight excluding hydrogens is 388 g/mol. The molecule has 5 heteroatoms. The Kier molecular flexibility index (Phi) is 6.58. The van der Waals surface area contributed by atoms with E-state index >= 15 is 0 Å². The highest BCUT2D eigenvalue weighted by Crippen LogP contribution is 2.27. The van der Waals surface area contributed by atoms with Crippen molar-refractivity contribution in [1.82, 2.24) is 14.9 Å². The minimum atomic E-state index is 0. The molecule has 0 spiro atoms. The zero-order valence-corrected chi connectivity index (χ0v) is 16.6. The summed E-state index contributed by atoms with van der Waals surface area (Å²) in [7, 11) is 0. The van der Waals surface area contributed by atoms with Crippen LogP contribution in [0.5, 0.6) is 0 Å². The molecule has 26 heavy (non-hydrogen) atoms. The zero-order valence-electron chi connectivity index (χ0n) is 14.9. The number of aromatic nitrogens is 2. The van der Waals surface area contributed by atoms with E-state index in [2.05, 4.69) is 45.5 Å². The van der Waals surface area contributed by atoms with Crippen LogP contribution in [0, 0.1) is 0 Å². The number of piperidine rings is 1. The van der Waals surface area contributed by atoms with E-state index in [0.29, 0.717) is 0 Å². The first-order valence-corrected chi connectivity index (χ1v) is 9.16. The van der Waals surface area contributed by atoms with Crippen LogP contribution in [-0.2, 0) is 0 Å². The average molecular weight is 413 g/mol. The summed E-state index contributed by atoms with van der Waals surface area (Å²) in [6, 6.07) is 14.5. The summed E-state index contributed by atoms with van der Waals surface area (Å²) in [5.41, 5.74) is 4.19. The predicted molar refractivity (Wildman–Crippen MR) is 114 cm³/mol. The molecule has 0 saturated carbocycles. The van der Waals surface area contributed by atoms with E-state index in [4.69, 9.17) is 4.98 Å². The first-order chi connectivity index (χ1) is 12.4. The molecule has 4 nitrogen and oxygen atoms in total. The quantitative estimate of drug-likeness (QED) is 0.654. The molecule has 1 saturated heterocycles. The lowest BCUT2D eigenvalue weighted by atomic mass is 10.1. The van der Waals surface area contributed by atoms with Crippen LogP contribution in [0.3, 0.4) is 0 Å². The number of para-hydroxylation sites is 1. The number of fused-ring (bicyclic) bond motifs is 1. The van der Waals surface area contributed by atoms with Gasteiger partial charge in [-0.2, -0.15) is 0 Å². The Labute approximate surface area is 165 Å². The SMILES string of the molecule is Br.c1cncc(-c2cc(NCCN3CCCCC3)c3ccccc3n2)c1. The van der Waals surface area contributed by atoms with E-state index in [-0.39, 0.29) is 17.0 Å². The van der Waals surface area contributed by atoms with Gasteiger partial charge in [0.2, 0.25) is 0 Å². The molecule has 1 aromatic carbocycles. The number of hydrogen-bond acceptors (Lipinski definition) is 4. The van der Waals surface area contributed by atoms with Crippen molar-refractivity contribution in [3.63, 3.8) is 0 Å². The lowest BCUT2D eigenvalue weighted by Gasteiger charge is -2.26. The van der Waals surface area contributed by atoms with E-state index in [1.165, 1.54) is 37.7 Å². The van der Waals surface area contributed by atoms with Crippen LogP contribution in [-0.4, -0.2) is 41.0 Å². The summed E-state index contributed by atoms with van der Waals surface area (Å²) in [4.78, 5) is 11.6. The fourth-order valence-electron chi connectivity index (χ4n) is 3.52. The van der Waals surface area contributed by atoms with Gasteiger partial charge in [0.15, 0.2) is 0 Å². The Hall–Kier alpha value is -1.98. The van der Waals surface area contributed by atoms with Crippen LogP contribution in [0.2, 0.25) is 0 Å². The first kappa shape index (κ1) is 18.8. The topological polar surface area (TPSA) is 41.1 Å². The number of pyridine rings is 2. The van der Waals surface area contributed by atoms with Crippen LogP contribution in [0.1, 0.15) is 19.3 Å². The Morgan fingerprint density at radius 2 is 1.85 bits per heavy atom. The first-order valence-electron chi connectivity index (χ1n) is 9.16. The number of halogens is 1. The van der Waals surface area contributed by atoms with Crippen molar-refractivity contribution in [2.75, 3.05) is 31.5 Å². The van der Waals surface area contributed by atoms with Crippen molar-refractivity contribution < 1.29 is 0 Å². The molecule has 0 atom stereocenters. The number of nitrogens with zero attached hydrogens (tertiary/aromatic N) is 3. The molecule has 2 aromatic heterocycles. The molecule has 3 heterocycles. The fraction of sp³-hybridized carbons (Fsp3) is 0.333. The van der Waals surface area contributed by atoms with E-state index in [9.17, 15) is 0 Å². The molecule has 0 amide bonds. The van der Waals surface area contributed by atoms with Gasteiger partial charge in [0.05, 0.1) is 11.2 Å². The third-order valence-electron chi connectivity index (χ3n) is 4.87. The second-order valence-corrected chi connectivity index (χ2v) is 6.64. The van der Waals surface area contributed by atoms with Crippen LogP contribution in [0.25, 0.3) is 22.2 Å². The number of nitrogens with one attached hydrogen (secondary N) is 1. The third kappa shape index (κ3) is 4.40. The van der Waals surface area contributed by atoms with Gasteiger partial charge in [-0.05, 0) is 50.2 Å². The van der Waals surface area contributed by atoms with Gasteiger partial charge in [0.25, 0.3) is 0 Å². The molecule has 1 fully saturated rings. The predicted octanol–water partition coefficient (Wildman–Crippen LogP) is 4.77. The molecule has 0 radical (unpaired) electrons. The Balaban J connectivity index is 0.00000196. The summed E-state index contributed by atoms with van der Waals surface area (Å²) in [6.45, 7) is 4.53. The largest absolute Gasteiger partial charge is 0.383 e. The number of benzene rings is 1. The molecule has 1 aliphatic heterocycles. The smallest absolute Gasteiger partial charge is 0.0745 e. The van der Waals surface area contributed by atoms with Crippen molar-refractivity contribution in [1.29, 1.82) is 0 Å². The summed E-state index contributed by atoms with van der Waals surface area (Å²) < 4.78 is 0. The summed E-state index contributed by atoms with van der Waals surface area (Å²) in [5.74, 6) is 0. The number of rotatable bonds is 5. The molecular formula is C21H25BrN4. The molecule has 0 bridgehead atoms. The van der Waals surface area contributed by atoms with E-state index in [1.807, 2.05) is 18.3 Å². The maximum absolute atomic E-state index is 4.81. The Morgan fingerprint density at radius 1 is 1.00 bits per heavy atom. The summed E-state index contributed by atoms with van der Waals surface area (Å²) in [5, 5.41) is 4.82. The van der Waals surface area contributed by atoms with Gasteiger partial charge in [-0.25, -0.2) is 4.98 Å². The van der Waals surface area contributed by atoms with Gasteiger partial charge >= 0.3 is 0 Å². The van der Waals surface area contributed by atoms with Crippen molar-refractivity contribution in [3.8, 4) is 11.3 Å². The van der Waals surface area contributed by atoms with Gasteiger partial charge in [-0.15, -0.1) is 17.0 Å². The monoisotopic (exact) mass is 412 g/mol. The van der Waals surface area contributed by atoms with E-state index in [0.717, 1.165) is 35.6 Å². The highest BCUT2D eigenvalue weighted by molar-refractivity contribution is 8.93. The maximum atomic E-state index is 4.81. The van der Waals surface area contributed by atoms with Gasteiger partial charge in [-0.3, -0.25) is 4.98 Å². The fourth-order valence-corrected chi connectivity index (χ4v) is 3.52. The van der Waals surface area contributed by atoms with Gasteiger partial charge < -0.3 is 10.2 Å². The maximum Gasteiger partial charge on any atom is 0.0745 e. The lowest BCUT2D eigenvalue weighted by molar-refractivity contribution is 0.237. The Morgan fingerprint density at radius 3 is 2.65 bits per heavy atom. The van der Waals surface area contributed by atoms with Crippen LogP contribution in [0.15, 0.2) is 54.9 Å². The highest BCUT2D eigenvalue weighted by Gasteiger charge is 2.11. The molecule has 4 rings (SSSR count). The van der Waals surface area contributed by atoms with E-state index in [1.54, 1.807) is 6.20 Å².